The summed E-state index contributed by atoms with van der Waals surface area (Å²) in [7, 11) is 0. The van der Waals surface area contributed by atoms with E-state index in [1.54, 1.807) is 23.0 Å². The molecule has 1 amide bonds. The number of para-hydroxylation sites is 1. The number of halogens is 1. The van der Waals surface area contributed by atoms with Crippen molar-refractivity contribution in [1.29, 1.82) is 0 Å². The van der Waals surface area contributed by atoms with Crippen molar-refractivity contribution < 1.29 is 4.79 Å². The first kappa shape index (κ1) is 18.5. The minimum absolute atomic E-state index is 0.211. The normalized spacial score (nSPS) is 11.0. The molecule has 5 aromatic rings. The topological polar surface area (TPSA) is 72.7 Å². The van der Waals surface area contributed by atoms with E-state index in [9.17, 15) is 4.79 Å². The van der Waals surface area contributed by atoms with Crippen LogP contribution in [0.2, 0.25) is 5.02 Å². The third-order valence-corrected chi connectivity index (χ3v) is 5.78. The third-order valence-electron chi connectivity index (χ3n) is 4.58. The number of hydrogen-bond acceptors (Lipinski definition) is 5. The highest BCUT2D eigenvalue weighted by Gasteiger charge is 2.12. The van der Waals surface area contributed by atoms with Crippen molar-refractivity contribution in [3.05, 3.63) is 89.6 Å². The van der Waals surface area contributed by atoms with Gasteiger partial charge in [-0.3, -0.25) is 10.1 Å². The quantitative estimate of drug-likeness (QED) is 0.410. The lowest BCUT2D eigenvalue weighted by Gasteiger charge is -2.08. The number of amides is 1. The number of benzene rings is 3. The molecule has 0 fully saturated rings. The van der Waals surface area contributed by atoms with E-state index in [4.69, 9.17) is 11.6 Å². The van der Waals surface area contributed by atoms with Crippen molar-refractivity contribution in [2.75, 3.05) is 5.32 Å². The van der Waals surface area contributed by atoms with Gasteiger partial charge in [0.15, 0.2) is 5.13 Å². The minimum Gasteiger partial charge on any atom is -0.298 e. The first-order valence-corrected chi connectivity index (χ1v) is 10.3. The maximum Gasteiger partial charge on any atom is 0.257 e. The zero-order valence-corrected chi connectivity index (χ0v) is 17.1. The number of nitrogens with one attached hydrogen (secondary N) is 1. The number of fused-ring (bicyclic) bond motifs is 1. The second-order valence-corrected chi connectivity index (χ2v) is 7.99. The van der Waals surface area contributed by atoms with Crippen LogP contribution in [0.25, 0.3) is 27.2 Å². The van der Waals surface area contributed by atoms with Crippen LogP contribution < -0.4 is 5.32 Å². The number of anilines is 1. The van der Waals surface area contributed by atoms with E-state index in [0.29, 0.717) is 15.7 Å². The van der Waals surface area contributed by atoms with E-state index in [2.05, 4.69) is 20.6 Å². The van der Waals surface area contributed by atoms with Gasteiger partial charge in [-0.25, -0.2) is 9.67 Å². The Morgan fingerprint density at radius 2 is 1.73 bits per heavy atom. The molecule has 0 saturated heterocycles. The Balaban J connectivity index is 1.37. The number of carbonyl (C=O) groups is 1. The van der Waals surface area contributed by atoms with Crippen LogP contribution in [0.3, 0.4) is 0 Å². The van der Waals surface area contributed by atoms with E-state index < -0.39 is 0 Å². The first-order chi connectivity index (χ1) is 14.7. The SMILES string of the molecule is O=C(Nc1nc2ccccc2s1)c1ccc(-n2nncc2-c2ccc(Cl)cc2)cc1. The van der Waals surface area contributed by atoms with Gasteiger partial charge in [0.25, 0.3) is 5.91 Å². The van der Waals surface area contributed by atoms with Gasteiger partial charge in [0.2, 0.25) is 0 Å². The lowest BCUT2D eigenvalue weighted by atomic mass is 10.1. The number of hydrogen-bond donors (Lipinski definition) is 1. The number of aromatic nitrogens is 4. The summed E-state index contributed by atoms with van der Waals surface area (Å²) in [6.45, 7) is 0. The van der Waals surface area contributed by atoms with E-state index >= 15 is 0 Å². The fraction of sp³-hybridized carbons (Fsp3) is 0. The van der Waals surface area contributed by atoms with Crippen LogP contribution in [-0.4, -0.2) is 25.9 Å². The molecule has 0 unspecified atom stereocenters. The van der Waals surface area contributed by atoms with E-state index in [1.165, 1.54) is 11.3 Å². The molecule has 0 aliphatic heterocycles. The van der Waals surface area contributed by atoms with Gasteiger partial charge in [0.05, 0.1) is 27.8 Å². The summed E-state index contributed by atoms with van der Waals surface area (Å²) in [6.07, 6.45) is 1.69. The van der Waals surface area contributed by atoms with Crippen LogP contribution in [0, 0.1) is 0 Å². The van der Waals surface area contributed by atoms with Gasteiger partial charge in [0.1, 0.15) is 0 Å². The molecule has 3 aromatic carbocycles. The summed E-state index contributed by atoms with van der Waals surface area (Å²) in [5.41, 5.74) is 3.98. The second kappa shape index (κ2) is 7.70. The zero-order valence-electron chi connectivity index (χ0n) is 15.5. The molecule has 5 rings (SSSR count). The van der Waals surface area contributed by atoms with Crippen LogP contribution in [-0.2, 0) is 0 Å². The standard InChI is InChI=1S/C22H14ClN5OS/c23-16-9-5-14(6-10-16)19-13-24-27-28(19)17-11-7-15(8-12-17)21(29)26-22-25-18-3-1-2-4-20(18)30-22/h1-13H,(H,25,26,29). The smallest absolute Gasteiger partial charge is 0.257 e. The Hall–Kier alpha value is -3.55. The predicted molar refractivity (Wildman–Crippen MR) is 119 cm³/mol. The molecule has 0 radical (unpaired) electrons. The molecule has 0 spiro atoms. The Morgan fingerprint density at radius 1 is 0.967 bits per heavy atom. The number of rotatable bonds is 4. The summed E-state index contributed by atoms with van der Waals surface area (Å²) >= 11 is 7.43. The highest BCUT2D eigenvalue weighted by atomic mass is 35.5. The first-order valence-electron chi connectivity index (χ1n) is 9.11. The predicted octanol–water partition coefficient (Wildman–Crippen LogP) is 5.45. The molecule has 0 aliphatic rings. The highest BCUT2D eigenvalue weighted by Crippen LogP contribution is 2.26. The molecule has 146 valence electrons. The van der Waals surface area contributed by atoms with Crippen molar-refractivity contribution in [2.45, 2.75) is 0 Å². The zero-order chi connectivity index (χ0) is 20.5. The highest BCUT2D eigenvalue weighted by molar-refractivity contribution is 7.22. The van der Waals surface area contributed by atoms with Crippen molar-refractivity contribution in [3.8, 4) is 16.9 Å². The summed E-state index contributed by atoms with van der Waals surface area (Å²) in [5, 5.41) is 12.3. The van der Waals surface area contributed by atoms with Crippen molar-refractivity contribution in [3.63, 3.8) is 0 Å². The van der Waals surface area contributed by atoms with Crippen molar-refractivity contribution in [2.24, 2.45) is 0 Å². The van der Waals surface area contributed by atoms with Crippen LogP contribution in [0.4, 0.5) is 5.13 Å². The molecule has 2 heterocycles. The molecule has 2 aromatic heterocycles. The monoisotopic (exact) mass is 431 g/mol. The largest absolute Gasteiger partial charge is 0.298 e. The number of nitrogens with zero attached hydrogens (tertiary/aromatic N) is 4. The molecule has 0 atom stereocenters. The number of carbonyl (C=O) groups excluding carboxylic acids is 1. The fourth-order valence-electron chi connectivity index (χ4n) is 3.09. The van der Waals surface area contributed by atoms with Gasteiger partial charge in [-0.15, -0.1) is 5.10 Å². The Morgan fingerprint density at radius 3 is 2.50 bits per heavy atom. The van der Waals surface area contributed by atoms with Gasteiger partial charge in [-0.1, -0.05) is 52.4 Å². The molecular formula is C22H14ClN5OS. The summed E-state index contributed by atoms with van der Waals surface area (Å²) in [4.78, 5) is 17.1. The summed E-state index contributed by atoms with van der Waals surface area (Å²) < 4.78 is 2.75. The maximum atomic E-state index is 12.6. The summed E-state index contributed by atoms with van der Waals surface area (Å²) in [6, 6.07) is 22.4. The van der Waals surface area contributed by atoms with Crippen LogP contribution >= 0.6 is 22.9 Å². The molecular weight excluding hydrogens is 418 g/mol. The van der Waals surface area contributed by atoms with Gasteiger partial charge in [0, 0.05) is 16.1 Å². The molecule has 0 aliphatic carbocycles. The second-order valence-electron chi connectivity index (χ2n) is 6.53. The van der Waals surface area contributed by atoms with Gasteiger partial charge in [-0.05, 0) is 48.5 Å². The maximum absolute atomic E-state index is 12.6. The van der Waals surface area contributed by atoms with Gasteiger partial charge >= 0.3 is 0 Å². The Labute approximate surface area is 180 Å². The third kappa shape index (κ3) is 3.56. The van der Waals surface area contributed by atoms with Crippen LogP contribution in [0.15, 0.2) is 79.0 Å². The van der Waals surface area contributed by atoms with Crippen LogP contribution in [0.1, 0.15) is 10.4 Å². The van der Waals surface area contributed by atoms with Crippen molar-refractivity contribution in [1.82, 2.24) is 20.0 Å². The molecule has 0 bridgehead atoms. The van der Waals surface area contributed by atoms with Gasteiger partial charge in [-0.2, -0.15) is 0 Å². The minimum atomic E-state index is -0.211. The van der Waals surface area contributed by atoms with Gasteiger partial charge < -0.3 is 0 Å². The molecule has 1 N–H and O–H groups in total. The molecule has 8 heteroatoms. The van der Waals surface area contributed by atoms with Crippen molar-refractivity contribution >= 4 is 44.2 Å². The average Bonchev–Trinajstić information content (AvgIpc) is 3.41. The number of thiazole rings is 1. The molecule has 0 saturated carbocycles. The van der Waals surface area contributed by atoms with E-state index in [-0.39, 0.29) is 5.91 Å². The molecule has 6 nitrogen and oxygen atoms in total. The summed E-state index contributed by atoms with van der Waals surface area (Å²) in [5.74, 6) is -0.211. The lowest BCUT2D eigenvalue weighted by molar-refractivity contribution is 0.102. The van der Waals surface area contributed by atoms with E-state index in [0.717, 1.165) is 27.2 Å². The van der Waals surface area contributed by atoms with Crippen LogP contribution in [0.5, 0.6) is 0 Å². The Kier molecular flexibility index (Phi) is 4.74. The lowest BCUT2D eigenvalue weighted by Crippen LogP contribution is -2.11. The Bertz CT molecular complexity index is 1310. The molecule has 30 heavy (non-hydrogen) atoms. The van der Waals surface area contributed by atoms with E-state index in [1.807, 2.05) is 60.7 Å². The average molecular weight is 432 g/mol. The fourth-order valence-corrected chi connectivity index (χ4v) is 4.08.